The van der Waals surface area contributed by atoms with Crippen LogP contribution in [0.3, 0.4) is 0 Å². The smallest absolute Gasteiger partial charge is 0.252 e. The van der Waals surface area contributed by atoms with Crippen molar-refractivity contribution in [3.8, 4) is 0 Å². The highest BCUT2D eigenvalue weighted by Crippen LogP contribution is 2.35. The first-order valence-electron chi connectivity index (χ1n) is 6.14. The van der Waals surface area contributed by atoms with Crippen LogP contribution in [-0.4, -0.2) is 29.0 Å². The molecule has 0 fully saturated rings. The lowest BCUT2D eigenvalue weighted by Gasteiger charge is -2.26. The number of hydrogen-bond acceptors (Lipinski definition) is 3. The van der Waals surface area contributed by atoms with Crippen LogP contribution in [-0.2, 0) is 0 Å². The van der Waals surface area contributed by atoms with Gasteiger partial charge in [-0.05, 0) is 14.1 Å². The van der Waals surface area contributed by atoms with Crippen LogP contribution >= 0.6 is 0 Å². The molecule has 0 spiro atoms. The van der Waals surface area contributed by atoms with Gasteiger partial charge in [0.05, 0.1) is 17.2 Å². The van der Waals surface area contributed by atoms with Gasteiger partial charge in [-0.15, -0.1) is 0 Å². The second-order valence-electron chi connectivity index (χ2n) is 4.84. The van der Waals surface area contributed by atoms with E-state index in [1.165, 1.54) is 0 Å². The van der Waals surface area contributed by atoms with Crippen molar-refractivity contribution < 1.29 is 35.1 Å². The maximum Gasteiger partial charge on any atom is 0.252 e. The van der Waals surface area contributed by atoms with Crippen molar-refractivity contribution in [3.63, 3.8) is 0 Å². The van der Waals surface area contributed by atoms with Crippen molar-refractivity contribution in [1.82, 2.24) is 14.9 Å². The molecule has 11 heteroatoms. The van der Waals surface area contributed by atoms with Crippen molar-refractivity contribution in [2.24, 2.45) is 0 Å². The van der Waals surface area contributed by atoms with Crippen LogP contribution in [0, 0.1) is 47.1 Å². The molecule has 2 rings (SSSR count). The number of halogens is 8. The van der Waals surface area contributed by atoms with E-state index in [2.05, 4.69) is 9.97 Å². The molecule has 0 N–H and O–H groups in total. The summed E-state index contributed by atoms with van der Waals surface area (Å²) in [5.74, 6) is -16.6. The van der Waals surface area contributed by atoms with E-state index in [9.17, 15) is 35.1 Å². The third-order valence-electron chi connectivity index (χ3n) is 3.13. The molecule has 0 aliphatic rings. The molecular formula is C13H7F8N3. The van der Waals surface area contributed by atoms with Crippen LogP contribution < -0.4 is 0 Å². The Morgan fingerprint density at radius 1 is 0.583 bits per heavy atom. The third-order valence-corrected chi connectivity index (χ3v) is 3.13. The third kappa shape index (κ3) is 2.79. The van der Waals surface area contributed by atoms with Gasteiger partial charge in [0.25, 0.3) is 23.8 Å². The lowest BCUT2D eigenvalue weighted by molar-refractivity contribution is 0.281. The molecule has 24 heavy (non-hydrogen) atoms. The molecule has 0 amide bonds. The van der Waals surface area contributed by atoms with E-state index in [1.54, 1.807) is 0 Å². The van der Waals surface area contributed by atoms with E-state index in [1.807, 2.05) is 0 Å². The Kier molecular flexibility index (Phi) is 4.74. The zero-order valence-corrected chi connectivity index (χ0v) is 11.9. The molecule has 0 aliphatic carbocycles. The molecule has 0 saturated heterocycles. The molecule has 0 unspecified atom stereocenters. The monoisotopic (exact) mass is 357 g/mol. The van der Waals surface area contributed by atoms with Gasteiger partial charge in [-0.1, -0.05) is 0 Å². The molecule has 0 radical (unpaired) electrons. The molecule has 0 saturated carbocycles. The molecule has 2 heterocycles. The lowest BCUT2D eigenvalue weighted by atomic mass is 9.97. The van der Waals surface area contributed by atoms with E-state index >= 15 is 0 Å². The van der Waals surface area contributed by atoms with Gasteiger partial charge in [0.15, 0.2) is 23.3 Å². The van der Waals surface area contributed by atoms with E-state index in [0.29, 0.717) is 4.90 Å². The van der Waals surface area contributed by atoms with E-state index in [-0.39, 0.29) is 0 Å². The predicted octanol–water partition coefficient (Wildman–Crippen LogP) is 3.24. The molecule has 130 valence electrons. The second kappa shape index (κ2) is 6.30. The van der Waals surface area contributed by atoms with Gasteiger partial charge >= 0.3 is 0 Å². The highest BCUT2D eigenvalue weighted by molar-refractivity contribution is 5.34. The summed E-state index contributed by atoms with van der Waals surface area (Å²) in [5, 5.41) is 0. The van der Waals surface area contributed by atoms with Crippen LogP contribution in [0.5, 0.6) is 0 Å². The van der Waals surface area contributed by atoms with Crippen LogP contribution in [0.15, 0.2) is 0 Å². The standard InChI is InChI=1S/C13H7F8N3/c1-24(2)9(3-5(14)10(18)22-11(19)6(3)15)4-7(16)12(20)23-13(21)8(4)17/h9H,1-2H3. The summed E-state index contributed by atoms with van der Waals surface area (Å²) >= 11 is 0. The Morgan fingerprint density at radius 3 is 1.04 bits per heavy atom. The van der Waals surface area contributed by atoms with E-state index in [4.69, 9.17) is 0 Å². The normalized spacial score (nSPS) is 11.7. The predicted molar refractivity (Wildman–Crippen MR) is 63.7 cm³/mol. The Morgan fingerprint density at radius 2 is 0.833 bits per heavy atom. The SMILES string of the molecule is CN(C)C(c1c(F)c(F)nc(F)c1F)c1c(F)c(F)nc(F)c1F. The zero-order valence-electron chi connectivity index (χ0n) is 11.9. The first-order valence-corrected chi connectivity index (χ1v) is 6.14. The fourth-order valence-corrected chi connectivity index (χ4v) is 2.15. The molecule has 3 nitrogen and oxygen atoms in total. The van der Waals surface area contributed by atoms with Gasteiger partial charge in [-0.3, -0.25) is 4.90 Å². The summed E-state index contributed by atoms with van der Waals surface area (Å²) in [5.41, 5.74) is -3.01. The Labute approximate surface area is 129 Å². The summed E-state index contributed by atoms with van der Waals surface area (Å²) in [6.45, 7) is 0. The molecule has 0 bridgehead atoms. The second-order valence-corrected chi connectivity index (χ2v) is 4.84. The van der Waals surface area contributed by atoms with Crippen molar-refractivity contribution in [2.45, 2.75) is 6.04 Å². The van der Waals surface area contributed by atoms with Crippen LogP contribution in [0.2, 0.25) is 0 Å². The van der Waals surface area contributed by atoms with Crippen molar-refractivity contribution in [1.29, 1.82) is 0 Å². The Balaban J connectivity index is 2.90. The van der Waals surface area contributed by atoms with E-state index in [0.717, 1.165) is 14.1 Å². The summed E-state index contributed by atoms with van der Waals surface area (Å²) in [4.78, 5) is 5.29. The van der Waals surface area contributed by atoms with Gasteiger partial charge in [0.2, 0.25) is 0 Å². The minimum Gasteiger partial charge on any atom is -0.298 e. The Bertz CT molecular complexity index is 693. The highest BCUT2D eigenvalue weighted by Gasteiger charge is 2.36. The van der Waals surface area contributed by atoms with Crippen LogP contribution in [0.4, 0.5) is 35.1 Å². The Hall–Kier alpha value is -2.30. The van der Waals surface area contributed by atoms with Gasteiger partial charge in [-0.25, -0.2) is 17.6 Å². The molecule has 0 atom stereocenters. The maximum atomic E-state index is 13.9. The minimum atomic E-state index is -2.25. The van der Waals surface area contributed by atoms with Gasteiger partial charge < -0.3 is 0 Å². The first kappa shape index (κ1) is 18.0. The molecule has 0 aromatic carbocycles. The van der Waals surface area contributed by atoms with Crippen LogP contribution in [0.25, 0.3) is 0 Å². The quantitative estimate of drug-likeness (QED) is 0.624. The number of rotatable bonds is 3. The largest absolute Gasteiger partial charge is 0.298 e. The first-order chi connectivity index (χ1) is 11.1. The molecule has 2 aromatic rings. The minimum absolute atomic E-state index is 0.695. The van der Waals surface area contributed by atoms with Gasteiger partial charge in [0.1, 0.15) is 0 Å². The summed E-state index contributed by atoms with van der Waals surface area (Å²) in [6, 6.07) is -2.25. The summed E-state index contributed by atoms with van der Waals surface area (Å²) < 4.78 is 109. The van der Waals surface area contributed by atoms with Crippen molar-refractivity contribution >= 4 is 0 Å². The van der Waals surface area contributed by atoms with Gasteiger partial charge in [0, 0.05) is 0 Å². The fourth-order valence-electron chi connectivity index (χ4n) is 2.15. The van der Waals surface area contributed by atoms with Crippen molar-refractivity contribution in [3.05, 3.63) is 58.2 Å². The molecular weight excluding hydrogens is 350 g/mol. The summed E-state index contributed by atoms with van der Waals surface area (Å²) in [6.07, 6.45) is 0. The highest BCUT2D eigenvalue weighted by atomic mass is 19.2. The topological polar surface area (TPSA) is 29.0 Å². The number of hydrogen-bond donors (Lipinski definition) is 0. The van der Waals surface area contributed by atoms with E-state index < -0.39 is 64.2 Å². The van der Waals surface area contributed by atoms with Crippen molar-refractivity contribution in [2.75, 3.05) is 14.1 Å². The zero-order chi connectivity index (χ0) is 18.3. The lowest BCUT2D eigenvalue weighted by Crippen LogP contribution is -2.28. The summed E-state index contributed by atoms with van der Waals surface area (Å²) in [7, 11) is 2.02. The van der Waals surface area contributed by atoms with Gasteiger partial charge in [-0.2, -0.15) is 27.5 Å². The average Bonchev–Trinajstić information content (AvgIpc) is 2.49. The van der Waals surface area contributed by atoms with Crippen LogP contribution in [0.1, 0.15) is 17.2 Å². The maximum absolute atomic E-state index is 13.9. The number of aromatic nitrogens is 2. The molecule has 2 aromatic heterocycles. The fraction of sp³-hybridized carbons (Fsp3) is 0.231. The number of nitrogens with zero attached hydrogens (tertiary/aromatic N) is 3. The molecule has 0 aliphatic heterocycles. The average molecular weight is 357 g/mol. The number of pyridine rings is 2.